The summed E-state index contributed by atoms with van der Waals surface area (Å²) in [4.78, 5) is 0. The molecule has 31 heavy (non-hydrogen) atoms. The molecule has 0 amide bonds. The van der Waals surface area contributed by atoms with Crippen molar-refractivity contribution in [3.63, 3.8) is 0 Å². The SMILES string of the molecule is COC1CC(O)C(OC2CC(C)(N)C(OC3OC(C)C(O)C(O)C3O)C(C)O2)C(C)O1. The molecule has 11 nitrogen and oxygen atoms in total. The third-order valence-electron chi connectivity index (χ3n) is 6.35. The van der Waals surface area contributed by atoms with Crippen LogP contribution in [0.25, 0.3) is 0 Å². The lowest BCUT2D eigenvalue weighted by Gasteiger charge is -2.49. The van der Waals surface area contributed by atoms with E-state index < -0.39 is 79.3 Å². The molecule has 3 rings (SSSR count). The van der Waals surface area contributed by atoms with Crippen LogP contribution in [0.5, 0.6) is 0 Å². The van der Waals surface area contributed by atoms with Gasteiger partial charge in [0.1, 0.15) is 30.5 Å². The smallest absolute Gasteiger partial charge is 0.187 e. The fraction of sp³-hybridized carbons (Fsp3) is 1.00. The Bertz CT molecular complexity index is 582. The van der Waals surface area contributed by atoms with E-state index in [0.29, 0.717) is 0 Å². The highest BCUT2D eigenvalue weighted by Gasteiger charge is 2.50. The number of ether oxygens (including phenoxy) is 6. The van der Waals surface area contributed by atoms with Gasteiger partial charge in [-0.2, -0.15) is 0 Å². The lowest BCUT2D eigenvalue weighted by Crippen LogP contribution is -2.65. The largest absolute Gasteiger partial charge is 0.390 e. The summed E-state index contributed by atoms with van der Waals surface area (Å²) in [5, 5.41) is 40.6. The van der Waals surface area contributed by atoms with Gasteiger partial charge in [0.05, 0.1) is 24.4 Å². The first-order chi connectivity index (χ1) is 14.4. The summed E-state index contributed by atoms with van der Waals surface area (Å²) in [7, 11) is 1.52. The van der Waals surface area contributed by atoms with Crippen LogP contribution < -0.4 is 5.73 Å². The molecular formula is C20H37NO10. The van der Waals surface area contributed by atoms with Gasteiger partial charge in [-0.15, -0.1) is 0 Å². The molecule has 3 fully saturated rings. The molecular weight excluding hydrogens is 414 g/mol. The molecule has 182 valence electrons. The van der Waals surface area contributed by atoms with Gasteiger partial charge in [0.25, 0.3) is 0 Å². The van der Waals surface area contributed by atoms with Crippen molar-refractivity contribution in [3.8, 4) is 0 Å². The van der Waals surface area contributed by atoms with Crippen LogP contribution in [0, 0.1) is 0 Å². The number of methoxy groups -OCH3 is 1. The minimum atomic E-state index is -1.44. The van der Waals surface area contributed by atoms with Gasteiger partial charge in [-0.3, -0.25) is 0 Å². The minimum absolute atomic E-state index is 0.245. The molecule has 3 aliphatic rings. The molecule has 3 aliphatic heterocycles. The fourth-order valence-electron chi connectivity index (χ4n) is 4.53. The molecule has 13 atom stereocenters. The van der Waals surface area contributed by atoms with Crippen LogP contribution in [0.3, 0.4) is 0 Å². The van der Waals surface area contributed by atoms with Crippen LogP contribution in [-0.2, 0) is 28.4 Å². The van der Waals surface area contributed by atoms with Crippen LogP contribution in [-0.4, -0.2) is 107 Å². The van der Waals surface area contributed by atoms with Crippen molar-refractivity contribution in [2.75, 3.05) is 7.11 Å². The third kappa shape index (κ3) is 5.39. The molecule has 6 N–H and O–H groups in total. The maximum atomic E-state index is 10.5. The number of hydrogen-bond acceptors (Lipinski definition) is 11. The quantitative estimate of drug-likeness (QED) is 0.333. The van der Waals surface area contributed by atoms with Crippen LogP contribution in [0.1, 0.15) is 40.5 Å². The Kier molecular flexibility index (Phi) is 7.98. The Balaban J connectivity index is 1.63. The Morgan fingerprint density at radius 1 is 0.839 bits per heavy atom. The Hall–Kier alpha value is -0.440. The van der Waals surface area contributed by atoms with E-state index in [9.17, 15) is 20.4 Å². The van der Waals surface area contributed by atoms with E-state index in [2.05, 4.69) is 0 Å². The van der Waals surface area contributed by atoms with E-state index in [1.165, 1.54) is 7.11 Å². The number of rotatable bonds is 5. The molecule has 0 aromatic rings. The van der Waals surface area contributed by atoms with E-state index in [4.69, 9.17) is 34.2 Å². The third-order valence-corrected chi connectivity index (χ3v) is 6.35. The van der Waals surface area contributed by atoms with E-state index in [-0.39, 0.29) is 12.8 Å². The molecule has 3 heterocycles. The number of nitrogens with two attached hydrogens (primary N) is 1. The van der Waals surface area contributed by atoms with Crippen molar-refractivity contribution in [2.45, 2.75) is 120 Å². The van der Waals surface area contributed by atoms with Gasteiger partial charge in [-0.05, 0) is 27.7 Å². The summed E-state index contributed by atoms with van der Waals surface area (Å²) in [5.41, 5.74) is 5.60. The zero-order valence-corrected chi connectivity index (χ0v) is 18.7. The molecule has 0 aromatic heterocycles. The maximum Gasteiger partial charge on any atom is 0.187 e. The van der Waals surface area contributed by atoms with Crippen LogP contribution in [0.2, 0.25) is 0 Å². The topological polar surface area (TPSA) is 162 Å². The Labute approximate surface area is 182 Å². The summed E-state index contributed by atoms with van der Waals surface area (Å²) in [5.74, 6) is 0. The average molecular weight is 452 g/mol. The number of aliphatic hydroxyl groups excluding tert-OH is 4. The van der Waals surface area contributed by atoms with Crippen LogP contribution in [0.4, 0.5) is 0 Å². The van der Waals surface area contributed by atoms with Gasteiger partial charge in [0.15, 0.2) is 18.9 Å². The minimum Gasteiger partial charge on any atom is -0.390 e. The van der Waals surface area contributed by atoms with E-state index >= 15 is 0 Å². The van der Waals surface area contributed by atoms with Gasteiger partial charge in [0.2, 0.25) is 0 Å². The zero-order chi connectivity index (χ0) is 23.1. The van der Waals surface area contributed by atoms with Gasteiger partial charge in [0, 0.05) is 25.5 Å². The summed E-state index contributed by atoms with van der Waals surface area (Å²) >= 11 is 0. The van der Waals surface area contributed by atoms with Crippen molar-refractivity contribution >= 4 is 0 Å². The van der Waals surface area contributed by atoms with Crippen molar-refractivity contribution in [2.24, 2.45) is 5.73 Å². The predicted octanol–water partition coefficient (Wildman–Crippen LogP) is -1.42. The van der Waals surface area contributed by atoms with E-state index in [0.717, 1.165) is 0 Å². The van der Waals surface area contributed by atoms with Crippen molar-refractivity contribution in [1.29, 1.82) is 0 Å². The summed E-state index contributed by atoms with van der Waals surface area (Å²) in [6.45, 7) is 6.90. The highest BCUT2D eigenvalue weighted by atomic mass is 16.7. The normalized spacial score (nSPS) is 54.0. The zero-order valence-electron chi connectivity index (χ0n) is 18.7. The highest BCUT2D eigenvalue weighted by Crippen LogP contribution is 2.35. The predicted molar refractivity (Wildman–Crippen MR) is 106 cm³/mol. The van der Waals surface area contributed by atoms with E-state index in [1.807, 2.05) is 0 Å². The van der Waals surface area contributed by atoms with Crippen molar-refractivity contribution < 1.29 is 48.8 Å². The summed E-state index contributed by atoms with van der Waals surface area (Å²) in [6.07, 6.45) is -9.70. The fourth-order valence-corrected chi connectivity index (χ4v) is 4.53. The molecule has 11 heteroatoms. The lowest BCUT2D eigenvalue weighted by molar-refractivity contribution is -0.344. The molecule has 0 aromatic carbocycles. The molecule has 0 spiro atoms. The molecule has 13 unspecified atom stereocenters. The van der Waals surface area contributed by atoms with Gasteiger partial charge in [-0.1, -0.05) is 0 Å². The van der Waals surface area contributed by atoms with Gasteiger partial charge in [-0.25, -0.2) is 0 Å². The first-order valence-corrected chi connectivity index (χ1v) is 10.8. The van der Waals surface area contributed by atoms with E-state index in [1.54, 1.807) is 27.7 Å². The summed E-state index contributed by atoms with van der Waals surface area (Å²) < 4.78 is 34.3. The summed E-state index contributed by atoms with van der Waals surface area (Å²) in [6, 6.07) is 0. The van der Waals surface area contributed by atoms with Gasteiger partial charge >= 0.3 is 0 Å². The average Bonchev–Trinajstić information content (AvgIpc) is 2.69. The first-order valence-electron chi connectivity index (χ1n) is 10.8. The second-order valence-electron chi connectivity index (χ2n) is 9.13. The van der Waals surface area contributed by atoms with Crippen molar-refractivity contribution in [1.82, 2.24) is 0 Å². The highest BCUT2D eigenvalue weighted by molar-refractivity contribution is 4.98. The maximum absolute atomic E-state index is 10.5. The molecule has 0 radical (unpaired) electrons. The lowest BCUT2D eigenvalue weighted by atomic mass is 9.85. The standard InChI is InChI=1S/C20H37NO10/c1-8-14(23)15(24)16(25)19(29-8)31-18-10(3)28-13(7-20(18,4)21)30-17-9(2)27-12(26-5)6-11(17)22/h8-19,22-25H,6-7,21H2,1-5H3. The van der Waals surface area contributed by atoms with Crippen LogP contribution in [0.15, 0.2) is 0 Å². The molecule has 0 aliphatic carbocycles. The second-order valence-corrected chi connectivity index (χ2v) is 9.13. The number of hydrogen-bond donors (Lipinski definition) is 5. The van der Waals surface area contributed by atoms with Crippen LogP contribution >= 0.6 is 0 Å². The second kappa shape index (κ2) is 9.82. The van der Waals surface area contributed by atoms with Crippen molar-refractivity contribution in [3.05, 3.63) is 0 Å². The monoisotopic (exact) mass is 451 g/mol. The van der Waals surface area contributed by atoms with Gasteiger partial charge < -0.3 is 54.6 Å². The number of aliphatic hydroxyl groups is 4. The molecule has 0 bridgehead atoms. The molecule has 3 saturated heterocycles. The Morgan fingerprint density at radius 3 is 2.06 bits per heavy atom. The Morgan fingerprint density at radius 2 is 1.48 bits per heavy atom. The first kappa shape index (κ1) is 25.2. The molecule has 0 saturated carbocycles.